The van der Waals surface area contributed by atoms with E-state index in [0.29, 0.717) is 19.7 Å². The van der Waals surface area contributed by atoms with Crippen LogP contribution in [0, 0.1) is 5.41 Å². The van der Waals surface area contributed by atoms with Crippen molar-refractivity contribution in [3.63, 3.8) is 0 Å². The Hall–Kier alpha value is -0.850. The van der Waals surface area contributed by atoms with Gasteiger partial charge in [0.15, 0.2) is 0 Å². The number of urea groups is 1. The molecule has 0 aromatic carbocycles. The first kappa shape index (κ1) is 18.0. The summed E-state index contributed by atoms with van der Waals surface area (Å²) in [5.74, 6) is 0. The molecule has 2 atom stereocenters. The van der Waals surface area contributed by atoms with Crippen molar-refractivity contribution in [1.82, 2.24) is 15.1 Å². The highest BCUT2D eigenvalue weighted by Crippen LogP contribution is 2.38. The van der Waals surface area contributed by atoms with Crippen molar-refractivity contribution in [2.45, 2.75) is 50.7 Å². The Morgan fingerprint density at radius 1 is 1.25 bits per heavy atom. The van der Waals surface area contributed by atoms with Gasteiger partial charge in [-0.15, -0.1) is 0 Å². The predicted octanol–water partition coefficient (Wildman–Crippen LogP) is 1.70. The van der Waals surface area contributed by atoms with Gasteiger partial charge in [0.25, 0.3) is 0 Å². The van der Waals surface area contributed by atoms with E-state index in [2.05, 4.69) is 31.2 Å². The van der Waals surface area contributed by atoms with E-state index < -0.39 is 0 Å². The van der Waals surface area contributed by atoms with Crippen LogP contribution >= 0.6 is 0 Å². The Morgan fingerprint density at radius 3 is 2.62 bits per heavy atom. The summed E-state index contributed by atoms with van der Waals surface area (Å²) in [5.41, 5.74) is -0.0584. The molecule has 2 amide bonds. The summed E-state index contributed by atoms with van der Waals surface area (Å²) >= 11 is 0. The molecule has 0 radical (unpaired) electrons. The van der Waals surface area contributed by atoms with E-state index in [1.54, 1.807) is 0 Å². The summed E-state index contributed by atoms with van der Waals surface area (Å²) in [6.45, 7) is 6.51. The van der Waals surface area contributed by atoms with Crippen LogP contribution < -0.4 is 5.32 Å². The number of ether oxygens (including phenoxy) is 2. The van der Waals surface area contributed by atoms with Gasteiger partial charge < -0.3 is 24.6 Å². The Kier molecular flexibility index (Phi) is 5.37. The Balaban J connectivity index is 1.56. The SMILES string of the molecule is C[C@H]1OCC[C@@]12CN(C(=O)NCC1(CN(C)C)CCCC1)CCO2. The average Bonchev–Trinajstić information content (AvgIpc) is 3.13. The maximum Gasteiger partial charge on any atom is 0.317 e. The van der Waals surface area contributed by atoms with Gasteiger partial charge in [-0.3, -0.25) is 0 Å². The van der Waals surface area contributed by atoms with Crippen LogP contribution in [0.1, 0.15) is 39.0 Å². The molecular weight excluding hydrogens is 306 g/mol. The van der Waals surface area contributed by atoms with E-state index in [4.69, 9.17) is 9.47 Å². The van der Waals surface area contributed by atoms with E-state index in [-0.39, 0.29) is 23.2 Å². The molecule has 0 aromatic rings. The molecule has 1 N–H and O–H groups in total. The lowest BCUT2D eigenvalue weighted by Crippen LogP contribution is -2.59. The average molecular weight is 339 g/mol. The van der Waals surface area contributed by atoms with E-state index in [1.165, 1.54) is 25.7 Å². The molecule has 3 aliphatic rings. The number of hydrogen-bond donors (Lipinski definition) is 1. The largest absolute Gasteiger partial charge is 0.375 e. The van der Waals surface area contributed by atoms with E-state index in [1.807, 2.05) is 4.90 Å². The third-order valence-corrected chi connectivity index (χ3v) is 6.06. The fraction of sp³-hybridized carbons (Fsp3) is 0.944. The number of carbonyl (C=O) groups is 1. The first-order valence-corrected chi connectivity index (χ1v) is 9.38. The lowest BCUT2D eigenvalue weighted by Gasteiger charge is -2.42. The van der Waals surface area contributed by atoms with Crippen LogP contribution in [-0.4, -0.2) is 81.0 Å². The maximum atomic E-state index is 12.7. The summed E-state index contributed by atoms with van der Waals surface area (Å²) < 4.78 is 11.7. The van der Waals surface area contributed by atoms with Crippen molar-refractivity contribution in [1.29, 1.82) is 0 Å². The lowest BCUT2D eigenvalue weighted by molar-refractivity contribution is -0.125. The normalized spacial score (nSPS) is 32.7. The topological polar surface area (TPSA) is 54.0 Å². The molecule has 0 bridgehead atoms. The van der Waals surface area contributed by atoms with Crippen molar-refractivity contribution in [3.8, 4) is 0 Å². The molecule has 0 unspecified atom stereocenters. The highest BCUT2D eigenvalue weighted by Gasteiger charge is 2.47. The molecular formula is C18H33N3O3. The van der Waals surface area contributed by atoms with Crippen LogP contribution in [0.3, 0.4) is 0 Å². The lowest BCUT2D eigenvalue weighted by atomic mass is 9.85. The van der Waals surface area contributed by atoms with Gasteiger partial charge in [-0.05, 0) is 33.9 Å². The predicted molar refractivity (Wildman–Crippen MR) is 93.1 cm³/mol. The highest BCUT2D eigenvalue weighted by molar-refractivity contribution is 5.74. The summed E-state index contributed by atoms with van der Waals surface area (Å²) in [6.07, 6.45) is 5.91. The molecule has 1 spiro atoms. The maximum absolute atomic E-state index is 12.7. The van der Waals surface area contributed by atoms with Crippen molar-refractivity contribution in [2.24, 2.45) is 5.41 Å². The summed E-state index contributed by atoms with van der Waals surface area (Å²) in [6, 6.07) is 0.0572. The zero-order valence-corrected chi connectivity index (χ0v) is 15.5. The van der Waals surface area contributed by atoms with E-state index in [9.17, 15) is 4.79 Å². The zero-order chi connectivity index (χ0) is 17.2. The Bertz CT molecular complexity index is 451. The minimum Gasteiger partial charge on any atom is -0.375 e. The number of rotatable bonds is 4. The van der Waals surface area contributed by atoms with Crippen molar-refractivity contribution < 1.29 is 14.3 Å². The molecule has 2 heterocycles. The Morgan fingerprint density at radius 2 is 2.00 bits per heavy atom. The molecule has 2 saturated heterocycles. The minimum atomic E-state index is -0.301. The van der Waals surface area contributed by atoms with Crippen LogP contribution in [0.25, 0.3) is 0 Å². The van der Waals surface area contributed by atoms with Gasteiger partial charge in [0.05, 0.1) is 19.3 Å². The highest BCUT2D eigenvalue weighted by atomic mass is 16.6. The molecule has 6 heteroatoms. The summed E-state index contributed by atoms with van der Waals surface area (Å²) in [4.78, 5) is 16.9. The number of nitrogens with zero attached hydrogens (tertiary/aromatic N) is 2. The van der Waals surface area contributed by atoms with Crippen LogP contribution in [0.5, 0.6) is 0 Å². The molecule has 2 aliphatic heterocycles. The Labute approximate surface area is 145 Å². The van der Waals surface area contributed by atoms with Gasteiger partial charge >= 0.3 is 6.03 Å². The molecule has 1 saturated carbocycles. The standard InChI is InChI=1S/C18H33N3O3/c1-15-18(8-10-23-15)14-21(9-11-24-18)16(22)19-12-17(13-20(2)3)6-4-5-7-17/h15H,4-14H2,1-3H3,(H,19,22)/t15-,18-/m1/s1. The number of morpholine rings is 1. The molecule has 3 fully saturated rings. The van der Waals surface area contributed by atoms with Crippen molar-refractivity contribution in [2.75, 3.05) is 53.5 Å². The fourth-order valence-electron chi connectivity index (χ4n) is 4.70. The van der Waals surface area contributed by atoms with E-state index >= 15 is 0 Å². The van der Waals surface area contributed by atoms with Crippen molar-refractivity contribution >= 4 is 6.03 Å². The van der Waals surface area contributed by atoms with Crippen molar-refractivity contribution in [3.05, 3.63) is 0 Å². The molecule has 3 rings (SSSR count). The third kappa shape index (κ3) is 3.70. The zero-order valence-electron chi connectivity index (χ0n) is 15.5. The number of nitrogens with one attached hydrogen (secondary N) is 1. The second-order valence-electron chi connectivity index (χ2n) is 8.20. The van der Waals surface area contributed by atoms with Gasteiger partial charge in [0.2, 0.25) is 0 Å². The quantitative estimate of drug-likeness (QED) is 0.847. The monoisotopic (exact) mass is 339 g/mol. The molecule has 0 aromatic heterocycles. The van der Waals surface area contributed by atoms with Crippen LogP contribution in [0.4, 0.5) is 4.79 Å². The minimum absolute atomic E-state index is 0.0572. The van der Waals surface area contributed by atoms with Crippen LogP contribution in [-0.2, 0) is 9.47 Å². The fourth-order valence-corrected chi connectivity index (χ4v) is 4.70. The number of amides is 2. The summed E-state index contributed by atoms with van der Waals surface area (Å²) in [7, 11) is 4.24. The third-order valence-electron chi connectivity index (χ3n) is 6.06. The second-order valence-corrected chi connectivity index (χ2v) is 8.20. The first-order valence-electron chi connectivity index (χ1n) is 9.38. The van der Waals surface area contributed by atoms with Crippen LogP contribution in [0.2, 0.25) is 0 Å². The molecule has 138 valence electrons. The molecule has 24 heavy (non-hydrogen) atoms. The van der Waals surface area contributed by atoms with Gasteiger partial charge in [0, 0.05) is 38.1 Å². The van der Waals surface area contributed by atoms with E-state index in [0.717, 1.165) is 26.1 Å². The summed E-state index contributed by atoms with van der Waals surface area (Å²) in [5, 5.41) is 3.23. The number of carbonyl (C=O) groups excluding carboxylic acids is 1. The smallest absolute Gasteiger partial charge is 0.317 e. The van der Waals surface area contributed by atoms with Gasteiger partial charge in [-0.1, -0.05) is 12.8 Å². The molecule has 1 aliphatic carbocycles. The number of hydrogen-bond acceptors (Lipinski definition) is 4. The van der Waals surface area contributed by atoms with Gasteiger partial charge in [-0.25, -0.2) is 4.79 Å². The van der Waals surface area contributed by atoms with Gasteiger partial charge in [-0.2, -0.15) is 0 Å². The van der Waals surface area contributed by atoms with Crippen LogP contribution in [0.15, 0.2) is 0 Å². The first-order chi connectivity index (χ1) is 11.4. The molecule has 6 nitrogen and oxygen atoms in total. The van der Waals surface area contributed by atoms with Gasteiger partial charge in [0.1, 0.15) is 5.60 Å². The second kappa shape index (κ2) is 7.18.